The fourth-order valence-corrected chi connectivity index (χ4v) is 3.51. The molecule has 0 fully saturated rings. The third kappa shape index (κ3) is 3.33. The number of furan rings is 1. The first-order valence-electron chi connectivity index (χ1n) is 9.24. The van der Waals surface area contributed by atoms with Gasteiger partial charge in [0.15, 0.2) is 5.76 Å². The molecule has 0 radical (unpaired) electrons. The van der Waals surface area contributed by atoms with Gasteiger partial charge in [-0.15, -0.1) is 5.10 Å². The fourth-order valence-electron chi connectivity index (χ4n) is 3.28. The molecule has 0 aliphatic carbocycles. The lowest BCUT2D eigenvalue weighted by Gasteiger charge is -2.11. The van der Waals surface area contributed by atoms with Crippen molar-refractivity contribution < 1.29 is 9.21 Å². The summed E-state index contributed by atoms with van der Waals surface area (Å²) in [7, 11) is 0. The first kappa shape index (κ1) is 18.1. The number of nitrogens with zero attached hydrogens (tertiary/aromatic N) is 3. The van der Waals surface area contributed by atoms with Gasteiger partial charge >= 0.3 is 0 Å². The van der Waals surface area contributed by atoms with Crippen molar-refractivity contribution in [2.75, 3.05) is 5.43 Å². The maximum absolute atomic E-state index is 13.1. The molecule has 3 heterocycles. The highest BCUT2D eigenvalue weighted by Gasteiger charge is 2.16. The number of benzene rings is 2. The summed E-state index contributed by atoms with van der Waals surface area (Å²) in [5.41, 5.74) is 5.98. The second kappa shape index (κ2) is 7.50. The quantitative estimate of drug-likeness (QED) is 0.427. The van der Waals surface area contributed by atoms with Crippen molar-refractivity contribution in [3.05, 3.63) is 95.8 Å². The number of nitrogens with one attached hydrogen (secondary N) is 1. The summed E-state index contributed by atoms with van der Waals surface area (Å²) < 4.78 is 5.35. The molecule has 0 bridgehead atoms. The van der Waals surface area contributed by atoms with E-state index in [0.717, 1.165) is 10.9 Å². The number of hydrogen-bond acceptors (Lipinski definition) is 4. The highest BCUT2D eigenvalue weighted by molar-refractivity contribution is 6.33. The minimum atomic E-state index is -0.309. The first-order chi connectivity index (χ1) is 14.7. The van der Waals surface area contributed by atoms with Gasteiger partial charge in [0.1, 0.15) is 5.69 Å². The van der Waals surface area contributed by atoms with Crippen LogP contribution in [0, 0.1) is 0 Å². The molecule has 0 spiro atoms. The van der Waals surface area contributed by atoms with Crippen LogP contribution in [-0.2, 0) is 0 Å². The number of aromatic nitrogens is 3. The van der Waals surface area contributed by atoms with E-state index in [-0.39, 0.29) is 5.91 Å². The summed E-state index contributed by atoms with van der Waals surface area (Å²) in [4.78, 5) is 19.2. The van der Waals surface area contributed by atoms with Crippen LogP contribution in [-0.4, -0.2) is 20.8 Å². The molecule has 3 aromatic heterocycles. The third-order valence-electron chi connectivity index (χ3n) is 4.69. The SMILES string of the molecule is O=C(Nn1ccc(-c2ccco2)n1)c1cc(-c2ccccc2Cl)nc2ccccc12. The molecule has 0 saturated carbocycles. The van der Waals surface area contributed by atoms with Crippen molar-refractivity contribution in [2.45, 2.75) is 0 Å². The van der Waals surface area contributed by atoms with Gasteiger partial charge in [-0.25, -0.2) is 10.4 Å². The van der Waals surface area contributed by atoms with Gasteiger partial charge in [0.2, 0.25) is 0 Å². The highest BCUT2D eigenvalue weighted by atomic mass is 35.5. The summed E-state index contributed by atoms with van der Waals surface area (Å²) in [6.07, 6.45) is 3.24. The number of halogens is 1. The molecule has 0 unspecified atom stereocenters. The van der Waals surface area contributed by atoms with Crippen molar-refractivity contribution in [1.29, 1.82) is 0 Å². The van der Waals surface area contributed by atoms with Gasteiger partial charge in [0, 0.05) is 22.2 Å². The number of carbonyl (C=O) groups excluding carboxylic acids is 1. The summed E-state index contributed by atoms with van der Waals surface area (Å²) in [6.45, 7) is 0. The van der Waals surface area contributed by atoms with E-state index in [2.05, 4.69) is 10.5 Å². The molecule has 30 heavy (non-hydrogen) atoms. The Hall–Kier alpha value is -3.90. The molecule has 6 nitrogen and oxygen atoms in total. The maximum Gasteiger partial charge on any atom is 0.272 e. The smallest absolute Gasteiger partial charge is 0.272 e. The van der Waals surface area contributed by atoms with Crippen molar-refractivity contribution in [3.8, 4) is 22.7 Å². The van der Waals surface area contributed by atoms with Crippen LogP contribution < -0.4 is 5.43 Å². The summed E-state index contributed by atoms with van der Waals surface area (Å²) >= 11 is 6.36. The number of amides is 1. The molecule has 0 aliphatic heterocycles. The fraction of sp³-hybridized carbons (Fsp3) is 0. The van der Waals surface area contributed by atoms with E-state index in [0.29, 0.717) is 33.3 Å². The highest BCUT2D eigenvalue weighted by Crippen LogP contribution is 2.29. The Balaban J connectivity index is 1.54. The Kier molecular flexibility index (Phi) is 4.53. The third-order valence-corrected chi connectivity index (χ3v) is 5.02. The van der Waals surface area contributed by atoms with Gasteiger partial charge in [-0.05, 0) is 36.4 Å². The number of rotatable bonds is 4. The minimum absolute atomic E-state index is 0.309. The summed E-state index contributed by atoms with van der Waals surface area (Å²) in [5.74, 6) is 0.314. The molecule has 146 valence electrons. The molecule has 5 rings (SSSR count). The monoisotopic (exact) mass is 414 g/mol. The minimum Gasteiger partial charge on any atom is -0.463 e. The molecule has 1 amide bonds. The van der Waals surface area contributed by atoms with Crippen LogP contribution in [0.25, 0.3) is 33.6 Å². The second-order valence-electron chi connectivity index (χ2n) is 6.62. The summed E-state index contributed by atoms with van der Waals surface area (Å²) in [5, 5.41) is 5.66. The molecule has 7 heteroatoms. The number of para-hydroxylation sites is 1. The predicted molar refractivity (Wildman–Crippen MR) is 116 cm³/mol. The van der Waals surface area contributed by atoms with Gasteiger partial charge < -0.3 is 4.42 Å². The van der Waals surface area contributed by atoms with Crippen molar-refractivity contribution in [2.24, 2.45) is 0 Å². The first-order valence-corrected chi connectivity index (χ1v) is 9.62. The molecular formula is C23H15ClN4O2. The van der Waals surface area contributed by atoms with E-state index in [1.807, 2.05) is 42.5 Å². The van der Waals surface area contributed by atoms with Crippen LogP contribution in [0.5, 0.6) is 0 Å². The zero-order valence-electron chi connectivity index (χ0n) is 15.6. The van der Waals surface area contributed by atoms with E-state index in [1.165, 1.54) is 4.79 Å². The molecule has 1 N–H and O–H groups in total. The topological polar surface area (TPSA) is 73.0 Å². The lowest BCUT2D eigenvalue weighted by Crippen LogP contribution is -2.23. The lowest BCUT2D eigenvalue weighted by molar-refractivity contribution is 0.101. The lowest BCUT2D eigenvalue weighted by atomic mass is 10.0. The predicted octanol–water partition coefficient (Wildman–Crippen LogP) is 5.40. The molecular weight excluding hydrogens is 400 g/mol. The maximum atomic E-state index is 13.1. The Morgan fingerprint density at radius 2 is 1.80 bits per heavy atom. The van der Waals surface area contributed by atoms with Gasteiger partial charge in [0.25, 0.3) is 5.91 Å². The van der Waals surface area contributed by atoms with Crippen molar-refractivity contribution in [3.63, 3.8) is 0 Å². The largest absolute Gasteiger partial charge is 0.463 e. The van der Waals surface area contributed by atoms with Gasteiger partial charge in [-0.3, -0.25) is 4.79 Å². The van der Waals surface area contributed by atoms with Crippen molar-refractivity contribution >= 4 is 28.4 Å². The number of hydrogen-bond donors (Lipinski definition) is 1. The van der Waals surface area contributed by atoms with Crippen LogP contribution in [0.3, 0.4) is 0 Å². The Morgan fingerprint density at radius 3 is 2.63 bits per heavy atom. The van der Waals surface area contributed by atoms with Gasteiger partial charge in [-0.2, -0.15) is 4.79 Å². The van der Waals surface area contributed by atoms with E-state index in [1.54, 1.807) is 42.8 Å². The van der Waals surface area contributed by atoms with Gasteiger partial charge in [-0.1, -0.05) is 48.0 Å². The summed E-state index contributed by atoms with van der Waals surface area (Å²) in [6, 6.07) is 22.0. The van der Waals surface area contributed by atoms with Crippen LogP contribution in [0.4, 0.5) is 0 Å². The number of pyridine rings is 1. The molecule has 2 aromatic carbocycles. The molecule has 0 saturated heterocycles. The van der Waals surface area contributed by atoms with Crippen LogP contribution in [0.1, 0.15) is 10.4 Å². The molecule has 0 aliphatic rings. The molecule has 5 aromatic rings. The van der Waals surface area contributed by atoms with Crippen molar-refractivity contribution in [1.82, 2.24) is 14.9 Å². The van der Waals surface area contributed by atoms with E-state index in [4.69, 9.17) is 21.0 Å². The van der Waals surface area contributed by atoms with E-state index >= 15 is 0 Å². The van der Waals surface area contributed by atoms with Gasteiger partial charge in [0.05, 0.1) is 23.0 Å². The number of carbonyl (C=O) groups is 1. The molecule has 0 atom stereocenters. The second-order valence-corrected chi connectivity index (χ2v) is 7.02. The standard InChI is InChI=1S/C23H15ClN4O2/c24-18-8-3-1-7-16(18)21-14-17(15-6-2-4-9-19(15)25-21)23(29)27-28-12-11-20(26-28)22-10-5-13-30-22/h1-14H,(H,27,29). The van der Waals surface area contributed by atoms with E-state index < -0.39 is 0 Å². The average Bonchev–Trinajstić information content (AvgIpc) is 3.45. The van der Waals surface area contributed by atoms with Crippen LogP contribution in [0.2, 0.25) is 5.02 Å². The van der Waals surface area contributed by atoms with E-state index in [9.17, 15) is 4.79 Å². The average molecular weight is 415 g/mol. The van der Waals surface area contributed by atoms with Crippen LogP contribution >= 0.6 is 11.6 Å². The Bertz CT molecular complexity index is 1360. The Labute approximate surface area is 176 Å². The zero-order valence-corrected chi connectivity index (χ0v) is 16.4. The normalized spacial score (nSPS) is 11.0. The zero-order chi connectivity index (χ0) is 20.5. The van der Waals surface area contributed by atoms with Crippen LogP contribution in [0.15, 0.2) is 89.7 Å². The Morgan fingerprint density at radius 1 is 0.967 bits per heavy atom. The number of fused-ring (bicyclic) bond motifs is 1.